The van der Waals surface area contributed by atoms with Gasteiger partial charge >= 0.3 is 0 Å². The molecule has 2 rings (SSSR count). The summed E-state index contributed by atoms with van der Waals surface area (Å²) in [6, 6.07) is 3.04. The minimum absolute atomic E-state index is 0.258. The fourth-order valence-corrected chi connectivity index (χ4v) is 2.25. The molecule has 6 heteroatoms. The monoisotopic (exact) mass is 333 g/mol. The highest BCUT2D eigenvalue weighted by molar-refractivity contribution is 9.10. The van der Waals surface area contributed by atoms with E-state index in [0.717, 1.165) is 12.1 Å². The molecule has 0 aliphatic heterocycles. The van der Waals surface area contributed by atoms with Crippen molar-refractivity contribution in [3.8, 4) is 0 Å². The van der Waals surface area contributed by atoms with Crippen LogP contribution in [0, 0.1) is 17.5 Å². The Bertz CT molecular complexity index is 562. The van der Waals surface area contributed by atoms with Gasteiger partial charge in [0.2, 0.25) is 0 Å². The molecule has 19 heavy (non-hydrogen) atoms. The number of hydrogen-bond donors (Lipinski definition) is 1. The molecule has 0 fully saturated rings. The van der Waals surface area contributed by atoms with Crippen molar-refractivity contribution >= 4 is 15.9 Å². The molecule has 0 spiro atoms. The van der Waals surface area contributed by atoms with Crippen LogP contribution in [0.1, 0.15) is 24.3 Å². The van der Waals surface area contributed by atoms with Crippen molar-refractivity contribution < 1.29 is 17.6 Å². The highest BCUT2D eigenvalue weighted by atomic mass is 79.9. The normalized spacial score (nSPS) is 12.7. The summed E-state index contributed by atoms with van der Waals surface area (Å²) in [5.74, 6) is -3.44. The fraction of sp³-hybridized carbons (Fsp3) is 0.231. The van der Waals surface area contributed by atoms with Gasteiger partial charge in [-0.3, -0.25) is 0 Å². The molecule has 0 saturated carbocycles. The predicted molar refractivity (Wildman–Crippen MR) is 68.2 cm³/mol. The third-order valence-electron chi connectivity index (χ3n) is 2.65. The van der Waals surface area contributed by atoms with Crippen molar-refractivity contribution in [3.05, 3.63) is 57.7 Å². The summed E-state index contributed by atoms with van der Waals surface area (Å²) < 4.78 is 45.5. The van der Waals surface area contributed by atoms with Crippen LogP contribution >= 0.6 is 15.9 Å². The van der Waals surface area contributed by atoms with Crippen LogP contribution in [0.15, 0.2) is 33.4 Å². The summed E-state index contributed by atoms with van der Waals surface area (Å²) in [6.45, 7) is 2.40. The van der Waals surface area contributed by atoms with Crippen LogP contribution in [-0.4, -0.2) is 6.54 Å². The topological polar surface area (TPSA) is 25.2 Å². The van der Waals surface area contributed by atoms with E-state index in [4.69, 9.17) is 4.42 Å². The number of benzene rings is 1. The molecule has 1 N–H and O–H groups in total. The van der Waals surface area contributed by atoms with Crippen molar-refractivity contribution in [2.24, 2.45) is 0 Å². The summed E-state index contributed by atoms with van der Waals surface area (Å²) in [7, 11) is 0. The smallest absolute Gasteiger partial charge is 0.194 e. The summed E-state index contributed by atoms with van der Waals surface area (Å²) in [5, 5.41) is 3.04. The van der Waals surface area contributed by atoms with Crippen molar-refractivity contribution in [1.82, 2.24) is 5.32 Å². The molecule has 1 atom stereocenters. The first-order chi connectivity index (χ1) is 9.04. The Hall–Kier alpha value is -1.27. The standard InChI is InChI=1S/C13H11BrF3NO/c1-2-18-12(13-8(14)3-4-19-13)7-5-9(15)11(17)10(16)6-7/h3-6,12,18H,2H2,1H3. The Morgan fingerprint density at radius 2 is 1.89 bits per heavy atom. The van der Waals surface area contributed by atoms with Gasteiger partial charge in [-0.05, 0) is 46.2 Å². The van der Waals surface area contributed by atoms with Gasteiger partial charge in [-0.15, -0.1) is 0 Å². The second-order valence-corrected chi connectivity index (χ2v) is 4.78. The lowest BCUT2D eigenvalue weighted by atomic mass is 10.0. The molecule has 0 amide bonds. The quantitative estimate of drug-likeness (QED) is 0.850. The molecular formula is C13H11BrF3NO. The van der Waals surface area contributed by atoms with Gasteiger partial charge in [-0.25, -0.2) is 13.2 Å². The van der Waals surface area contributed by atoms with E-state index in [1.807, 2.05) is 6.92 Å². The van der Waals surface area contributed by atoms with Gasteiger partial charge in [0.15, 0.2) is 17.5 Å². The molecular weight excluding hydrogens is 323 g/mol. The fourth-order valence-electron chi connectivity index (χ4n) is 1.82. The first-order valence-electron chi connectivity index (χ1n) is 5.65. The molecule has 0 saturated heterocycles. The van der Waals surface area contributed by atoms with E-state index in [1.165, 1.54) is 6.26 Å². The minimum Gasteiger partial charge on any atom is -0.466 e. The summed E-state index contributed by atoms with van der Waals surface area (Å²) in [6.07, 6.45) is 1.46. The highest BCUT2D eigenvalue weighted by Crippen LogP contribution is 2.30. The zero-order valence-electron chi connectivity index (χ0n) is 10.0. The number of rotatable bonds is 4. The molecule has 0 bridgehead atoms. The van der Waals surface area contributed by atoms with Gasteiger partial charge in [0, 0.05) is 0 Å². The molecule has 1 unspecified atom stereocenters. The molecule has 2 nitrogen and oxygen atoms in total. The lowest BCUT2D eigenvalue weighted by molar-refractivity contribution is 0.429. The van der Waals surface area contributed by atoms with Gasteiger partial charge in [-0.1, -0.05) is 6.92 Å². The lowest BCUT2D eigenvalue weighted by Crippen LogP contribution is -2.22. The van der Waals surface area contributed by atoms with E-state index in [9.17, 15) is 13.2 Å². The van der Waals surface area contributed by atoms with Crippen LogP contribution in [0.25, 0.3) is 0 Å². The van der Waals surface area contributed by atoms with Gasteiger partial charge in [0.05, 0.1) is 16.8 Å². The average Bonchev–Trinajstić information content (AvgIpc) is 2.78. The summed E-state index contributed by atoms with van der Waals surface area (Å²) >= 11 is 3.29. The van der Waals surface area contributed by atoms with Gasteiger partial charge in [0.25, 0.3) is 0 Å². The number of hydrogen-bond acceptors (Lipinski definition) is 2. The van der Waals surface area contributed by atoms with Crippen LogP contribution in [0.2, 0.25) is 0 Å². The summed E-state index contributed by atoms with van der Waals surface area (Å²) in [4.78, 5) is 0. The Balaban J connectivity index is 2.48. The number of nitrogens with one attached hydrogen (secondary N) is 1. The van der Waals surface area contributed by atoms with Crippen molar-refractivity contribution in [2.45, 2.75) is 13.0 Å². The number of furan rings is 1. The number of halogens is 4. The third kappa shape index (κ3) is 2.84. The second kappa shape index (κ2) is 5.79. The SMILES string of the molecule is CCNC(c1cc(F)c(F)c(F)c1)c1occc1Br. The largest absolute Gasteiger partial charge is 0.466 e. The second-order valence-electron chi connectivity index (χ2n) is 3.92. The van der Waals surface area contributed by atoms with Crippen LogP contribution < -0.4 is 5.32 Å². The van der Waals surface area contributed by atoms with E-state index in [2.05, 4.69) is 21.2 Å². The first kappa shape index (κ1) is 14.1. The molecule has 1 heterocycles. The van der Waals surface area contributed by atoms with Crippen LogP contribution in [0.5, 0.6) is 0 Å². The summed E-state index contributed by atoms with van der Waals surface area (Å²) in [5.41, 5.74) is 0.258. The molecule has 0 aliphatic carbocycles. The Morgan fingerprint density at radius 3 is 2.37 bits per heavy atom. The third-order valence-corrected chi connectivity index (χ3v) is 3.31. The highest BCUT2D eigenvalue weighted by Gasteiger charge is 2.22. The van der Waals surface area contributed by atoms with Crippen molar-refractivity contribution in [3.63, 3.8) is 0 Å². The first-order valence-corrected chi connectivity index (χ1v) is 6.44. The average molecular weight is 334 g/mol. The molecule has 1 aromatic heterocycles. The zero-order valence-corrected chi connectivity index (χ0v) is 11.6. The van der Waals surface area contributed by atoms with Crippen LogP contribution in [-0.2, 0) is 0 Å². The molecule has 2 aromatic rings. The molecule has 1 aromatic carbocycles. The van der Waals surface area contributed by atoms with Gasteiger partial charge in [0.1, 0.15) is 5.76 Å². The van der Waals surface area contributed by atoms with Crippen LogP contribution in [0.4, 0.5) is 13.2 Å². The lowest BCUT2D eigenvalue weighted by Gasteiger charge is -2.17. The van der Waals surface area contributed by atoms with E-state index in [-0.39, 0.29) is 5.56 Å². The maximum Gasteiger partial charge on any atom is 0.194 e. The van der Waals surface area contributed by atoms with Crippen molar-refractivity contribution in [1.29, 1.82) is 0 Å². The molecule has 102 valence electrons. The predicted octanol–water partition coefficient (Wildman–Crippen LogP) is 4.16. The van der Waals surface area contributed by atoms with E-state index < -0.39 is 23.5 Å². The molecule has 0 aliphatic rings. The Kier molecular flexibility index (Phi) is 4.31. The Morgan fingerprint density at radius 1 is 1.26 bits per heavy atom. The van der Waals surface area contributed by atoms with Gasteiger partial charge in [-0.2, -0.15) is 0 Å². The van der Waals surface area contributed by atoms with Crippen molar-refractivity contribution in [2.75, 3.05) is 6.54 Å². The van der Waals surface area contributed by atoms with E-state index in [0.29, 0.717) is 16.8 Å². The minimum atomic E-state index is -1.47. The van der Waals surface area contributed by atoms with Crippen LogP contribution in [0.3, 0.4) is 0 Å². The maximum atomic E-state index is 13.3. The zero-order chi connectivity index (χ0) is 14.0. The molecule has 0 radical (unpaired) electrons. The van der Waals surface area contributed by atoms with E-state index >= 15 is 0 Å². The van der Waals surface area contributed by atoms with Gasteiger partial charge < -0.3 is 9.73 Å². The maximum absolute atomic E-state index is 13.3. The van der Waals surface area contributed by atoms with E-state index in [1.54, 1.807) is 6.07 Å². The Labute approximate surface area is 116 Å².